The van der Waals surface area contributed by atoms with Crippen LogP contribution >= 0.6 is 11.3 Å². The number of amidine groups is 1. The predicted molar refractivity (Wildman–Crippen MR) is 129 cm³/mol. The van der Waals surface area contributed by atoms with Crippen molar-refractivity contribution in [1.82, 2.24) is 9.29 Å². The Bertz CT molecular complexity index is 1360. The molecule has 1 saturated heterocycles. The van der Waals surface area contributed by atoms with Crippen molar-refractivity contribution in [3.05, 3.63) is 40.9 Å². The minimum Gasteiger partial charge on any atom is -0.489 e. The molecule has 198 valence electrons. The highest BCUT2D eigenvalue weighted by Gasteiger charge is 2.51. The van der Waals surface area contributed by atoms with Crippen LogP contribution in [-0.2, 0) is 29.5 Å². The van der Waals surface area contributed by atoms with Gasteiger partial charge in [0, 0.05) is 17.4 Å². The maximum absolute atomic E-state index is 13.0. The maximum Gasteiger partial charge on any atom is 0.362 e. The monoisotopic (exact) mass is 554 g/mol. The van der Waals surface area contributed by atoms with Crippen molar-refractivity contribution < 1.29 is 42.0 Å². The number of thiazole rings is 1. The number of nitrogens with one attached hydrogen (secondary N) is 1. The lowest BCUT2D eigenvalue weighted by Gasteiger charge is -2.41. The van der Waals surface area contributed by atoms with Crippen LogP contribution in [0.1, 0.15) is 24.6 Å². The van der Waals surface area contributed by atoms with E-state index in [4.69, 9.17) is 31.0 Å². The molecule has 1 fully saturated rings. The second kappa shape index (κ2) is 10.9. The number of hydrogen-bond acceptors (Lipinski definition) is 12. The van der Waals surface area contributed by atoms with E-state index in [0.717, 1.165) is 11.3 Å². The van der Waals surface area contributed by atoms with Crippen LogP contribution in [0.2, 0.25) is 0 Å². The Kier molecular flexibility index (Phi) is 8.09. The van der Waals surface area contributed by atoms with Gasteiger partial charge in [0.05, 0.1) is 12.0 Å². The largest absolute Gasteiger partial charge is 0.489 e. The van der Waals surface area contributed by atoms with Crippen molar-refractivity contribution in [1.29, 1.82) is 5.41 Å². The molecule has 1 aliphatic heterocycles. The van der Waals surface area contributed by atoms with Gasteiger partial charge in [-0.2, -0.15) is 8.42 Å². The molecule has 1 unspecified atom stereocenters. The number of nitrogen functional groups attached to an aromatic ring is 2. The second-order valence-corrected chi connectivity index (χ2v) is 9.96. The zero-order chi connectivity index (χ0) is 27.5. The number of carbonyl (C=O) groups is 3. The molecule has 1 aromatic heterocycles. The molecule has 0 radical (unpaired) electrons. The van der Waals surface area contributed by atoms with E-state index >= 15 is 0 Å². The van der Waals surface area contributed by atoms with E-state index in [1.807, 2.05) is 0 Å². The summed E-state index contributed by atoms with van der Waals surface area (Å²) in [6.07, 6.45) is -2.17. The van der Waals surface area contributed by atoms with Crippen LogP contribution in [0.15, 0.2) is 34.8 Å². The molecular weight excluding hydrogens is 532 g/mol. The number of nitrogens with zero attached hydrogens (tertiary/aromatic N) is 3. The fourth-order valence-electron chi connectivity index (χ4n) is 3.33. The number of β-lactam (4-membered cyclic amide) rings is 1. The van der Waals surface area contributed by atoms with Crippen LogP contribution in [0, 0.1) is 11.3 Å². The standard InChI is InChI=1S/C20H22N6O9S2/c1-9-12(18(28)26(9)37(31,32)33)6-14(27)16(13-8-36-20(23)24-13)25-35-15(19(29)30)7-34-11-4-2-10(3-5-11)17(21)22/h2-5,8-9,12,15H,6-7H2,1H3,(H3,21,22)(H2,23,24)(H,29,30)(H,31,32,33)/b25-16-/t9-,12-,15?/m0/s1. The number of Topliss-reactive ketones (excluding diaryl/α,β-unsaturated/α-hetero) is 1. The van der Waals surface area contributed by atoms with Gasteiger partial charge < -0.3 is 26.1 Å². The first-order valence-corrected chi connectivity index (χ1v) is 12.7. The molecule has 0 spiro atoms. The van der Waals surface area contributed by atoms with Crippen molar-refractivity contribution in [3.8, 4) is 5.75 Å². The maximum atomic E-state index is 13.0. The molecule has 2 aromatic rings. The summed E-state index contributed by atoms with van der Waals surface area (Å²) in [7, 11) is -4.77. The molecule has 1 aromatic carbocycles. The average molecular weight is 555 g/mol. The number of ketones is 1. The number of amides is 1. The van der Waals surface area contributed by atoms with Crippen LogP contribution in [0.25, 0.3) is 0 Å². The Balaban J connectivity index is 1.75. The minimum absolute atomic E-state index is 0.0385. The van der Waals surface area contributed by atoms with Crippen molar-refractivity contribution >= 4 is 56.0 Å². The van der Waals surface area contributed by atoms with Gasteiger partial charge in [-0.15, -0.1) is 11.3 Å². The number of hydrogen-bond donors (Lipinski definition) is 5. The Labute approximate surface area is 214 Å². The average Bonchev–Trinajstić information content (AvgIpc) is 3.24. The number of carboxylic acid groups (broad SMARTS) is 1. The third-order valence-electron chi connectivity index (χ3n) is 5.28. The second-order valence-electron chi connectivity index (χ2n) is 7.78. The van der Waals surface area contributed by atoms with Crippen molar-refractivity contribution in [2.75, 3.05) is 12.3 Å². The first kappa shape index (κ1) is 27.5. The summed E-state index contributed by atoms with van der Waals surface area (Å²) in [5, 5.41) is 22.0. The van der Waals surface area contributed by atoms with Gasteiger partial charge in [-0.25, -0.2) is 14.1 Å². The molecule has 3 rings (SSSR count). The molecule has 3 atom stereocenters. The van der Waals surface area contributed by atoms with Gasteiger partial charge in [0.25, 0.3) is 6.10 Å². The SMILES string of the molecule is C[C@H]1[C@H](CC(=O)/C(=N\OC(COc2ccc(C(=N)N)cc2)C(=O)O)c2csc(N)n2)C(=O)N1S(=O)(=O)O. The first-order chi connectivity index (χ1) is 17.3. The third kappa shape index (κ3) is 6.38. The number of aliphatic carboxylic acids is 1. The number of benzene rings is 1. The number of carbonyl (C=O) groups excluding carboxylic acids is 2. The lowest BCUT2D eigenvalue weighted by atomic mass is 9.86. The zero-order valence-corrected chi connectivity index (χ0v) is 20.7. The highest BCUT2D eigenvalue weighted by atomic mass is 32.2. The van der Waals surface area contributed by atoms with Gasteiger partial charge in [0.15, 0.2) is 16.6 Å². The molecule has 37 heavy (non-hydrogen) atoms. The molecule has 0 saturated carbocycles. The van der Waals surface area contributed by atoms with E-state index in [-0.39, 0.29) is 26.7 Å². The van der Waals surface area contributed by atoms with Crippen molar-refractivity contribution in [2.45, 2.75) is 25.5 Å². The molecule has 1 amide bonds. The highest BCUT2D eigenvalue weighted by molar-refractivity contribution is 7.84. The molecule has 1 aliphatic rings. The summed E-state index contributed by atoms with van der Waals surface area (Å²) in [6.45, 7) is 0.822. The fraction of sp³-hybridized carbons (Fsp3) is 0.300. The molecule has 15 nitrogen and oxygen atoms in total. The normalized spacial score (nSPS) is 18.6. The van der Waals surface area contributed by atoms with Crippen LogP contribution < -0.4 is 16.2 Å². The number of carboxylic acids is 1. The Hall–Kier alpha value is -4.09. The number of aromatic nitrogens is 1. The number of nitrogens with two attached hydrogens (primary N) is 2. The summed E-state index contributed by atoms with van der Waals surface area (Å²) >= 11 is 0.970. The number of rotatable bonds is 12. The number of oxime groups is 1. The molecular formula is C20H22N6O9S2. The Morgan fingerprint density at radius 3 is 2.46 bits per heavy atom. The van der Waals surface area contributed by atoms with Gasteiger partial charge in [0.1, 0.15) is 23.9 Å². The fourth-order valence-corrected chi connectivity index (χ4v) is 4.81. The Morgan fingerprint density at radius 2 is 1.97 bits per heavy atom. The van der Waals surface area contributed by atoms with Gasteiger partial charge >= 0.3 is 16.3 Å². The molecule has 0 aliphatic carbocycles. The zero-order valence-electron chi connectivity index (χ0n) is 19.1. The number of anilines is 1. The smallest absolute Gasteiger partial charge is 0.362 e. The summed E-state index contributed by atoms with van der Waals surface area (Å²) < 4.78 is 37.4. The summed E-state index contributed by atoms with van der Waals surface area (Å²) in [5.41, 5.74) is 11.0. The van der Waals surface area contributed by atoms with Crippen LogP contribution in [0.3, 0.4) is 0 Å². The predicted octanol–water partition coefficient (Wildman–Crippen LogP) is -0.129. The van der Waals surface area contributed by atoms with Crippen molar-refractivity contribution in [2.24, 2.45) is 16.8 Å². The van der Waals surface area contributed by atoms with Crippen LogP contribution in [-0.4, -0.2) is 75.3 Å². The van der Waals surface area contributed by atoms with Crippen LogP contribution in [0.5, 0.6) is 5.75 Å². The van der Waals surface area contributed by atoms with E-state index in [0.29, 0.717) is 5.56 Å². The first-order valence-electron chi connectivity index (χ1n) is 10.4. The van der Waals surface area contributed by atoms with Gasteiger partial charge in [-0.05, 0) is 31.2 Å². The molecule has 2 heterocycles. The summed E-state index contributed by atoms with van der Waals surface area (Å²) in [5.74, 6) is -4.21. The lowest BCUT2D eigenvalue weighted by Crippen LogP contribution is -2.62. The minimum atomic E-state index is -4.77. The topological polar surface area (TPSA) is 249 Å². The van der Waals surface area contributed by atoms with Crippen LogP contribution in [0.4, 0.5) is 5.13 Å². The molecule has 0 bridgehead atoms. The number of ether oxygens (including phenoxy) is 1. The van der Waals surface area contributed by atoms with Crippen molar-refractivity contribution in [3.63, 3.8) is 0 Å². The van der Waals surface area contributed by atoms with E-state index in [2.05, 4.69) is 10.1 Å². The molecule has 17 heteroatoms. The lowest BCUT2D eigenvalue weighted by molar-refractivity contribution is -0.152. The van der Waals surface area contributed by atoms with Gasteiger partial charge in [-0.3, -0.25) is 19.6 Å². The van der Waals surface area contributed by atoms with E-state index < -0.39 is 64.8 Å². The van der Waals surface area contributed by atoms with E-state index in [1.165, 1.54) is 36.6 Å². The summed E-state index contributed by atoms with van der Waals surface area (Å²) in [4.78, 5) is 45.8. The molecule has 7 N–H and O–H groups in total. The highest BCUT2D eigenvalue weighted by Crippen LogP contribution is 2.32. The quantitative estimate of drug-likeness (QED) is 0.0756. The van der Waals surface area contributed by atoms with Gasteiger partial charge in [0.2, 0.25) is 5.91 Å². The summed E-state index contributed by atoms with van der Waals surface area (Å²) in [6, 6.07) is 4.95. The Morgan fingerprint density at radius 1 is 1.32 bits per heavy atom. The van der Waals surface area contributed by atoms with E-state index in [9.17, 15) is 27.9 Å². The third-order valence-corrected chi connectivity index (χ3v) is 6.97. The van der Waals surface area contributed by atoms with E-state index in [1.54, 1.807) is 0 Å². The van der Waals surface area contributed by atoms with Gasteiger partial charge in [-0.1, -0.05) is 5.16 Å².